The Morgan fingerprint density at radius 2 is 1.58 bits per heavy atom. The van der Waals surface area contributed by atoms with Gasteiger partial charge in [0.15, 0.2) is 0 Å². The lowest BCUT2D eigenvalue weighted by molar-refractivity contribution is 0.0612. The lowest BCUT2D eigenvalue weighted by atomic mass is 10.0. The van der Waals surface area contributed by atoms with Crippen LogP contribution in [0.15, 0.2) is 36.7 Å². The second-order valence-corrected chi connectivity index (χ2v) is 10.8. The third-order valence-corrected chi connectivity index (χ3v) is 8.08. The number of aryl methyl sites for hydroxylation is 1. The van der Waals surface area contributed by atoms with E-state index in [1.807, 2.05) is 37.1 Å². The Hall–Kier alpha value is -2.55. The number of rotatable bonds is 3. The van der Waals surface area contributed by atoms with E-state index in [-0.39, 0.29) is 5.91 Å². The number of fused-ring (bicyclic) bond motifs is 1. The molecule has 0 spiro atoms. The summed E-state index contributed by atoms with van der Waals surface area (Å²) in [6.07, 6.45) is 7.49. The Morgan fingerprint density at radius 3 is 2.08 bits per heavy atom. The highest BCUT2D eigenvalue weighted by Gasteiger charge is 2.40. The number of hydrogen-bond acceptors (Lipinski definition) is 7. The molecule has 6 rings (SSSR count). The van der Waals surface area contributed by atoms with Gasteiger partial charge >= 0.3 is 0 Å². The van der Waals surface area contributed by atoms with Crippen LogP contribution in [0.25, 0.3) is 0 Å². The summed E-state index contributed by atoms with van der Waals surface area (Å²) in [6.45, 7) is 11.8. The molecule has 1 amide bonds. The van der Waals surface area contributed by atoms with Gasteiger partial charge < -0.3 is 19.7 Å². The van der Waals surface area contributed by atoms with Crippen molar-refractivity contribution in [3.63, 3.8) is 0 Å². The molecule has 208 valence electrons. The van der Waals surface area contributed by atoms with Crippen molar-refractivity contribution in [3.05, 3.63) is 53.5 Å². The molecule has 0 bridgehead atoms. The van der Waals surface area contributed by atoms with Gasteiger partial charge in [-0.3, -0.25) is 9.69 Å². The first-order valence-electron chi connectivity index (χ1n) is 14.3. The predicted molar refractivity (Wildman–Crippen MR) is 150 cm³/mol. The molecular formula is C30H45N5O3. The van der Waals surface area contributed by atoms with Crippen LogP contribution in [0, 0.1) is 25.7 Å². The van der Waals surface area contributed by atoms with Crippen LogP contribution >= 0.6 is 0 Å². The number of piperidine rings is 1. The van der Waals surface area contributed by atoms with Gasteiger partial charge in [-0.25, -0.2) is 9.97 Å². The summed E-state index contributed by atoms with van der Waals surface area (Å²) in [5.74, 6) is 2.20. The molecule has 2 unspecified atom stereocenters. The SMILES string of the molecule is C1CCOCC1.CNc1ncnc(C(=O)N2CCC(N3CC4COCC4C3)CC2)c1C.Cc1ccccc1. The van der Waals surface area contributed by atoms with E-state index in [0.717, 1.165) is 75.6 Å². The van der Waals surface area contributed by atoms with Crippen LogP contribution in [0.3, 0.4) is 0 Å². The van der Waals surface area contributed by atoms with Crippen molar-refractivity contribution in [1.29, 1.82) is 0 Å². The van der Waals surface area contributed by atoms with Crippen LogP contribution in [0.1, 0.15) is 53.7 Å². The summed E-state index contributed by atoms with van der Waals surface area (Å²) >= 11 is 0. The first-order chi connectivity index (χ1) is 18.6. The standard InChI is InChI=1S/C18H27N5O2.C7H8.C5H10O/c1-12-16(20-11-21-17(12)19-2)18(24)22-5-3-15(4-6-22)23-7-13-9-25-10-14(13)8-23;1-7-5-3-2-4-6-7;1-2-4-6-5-3-1/h11,13-15H,3-10H2,1-2H3,(H,19,20,21);2-6H,1H3;1-5H2. The fourth-order valence-electron chi connectivity index (χ4n) is 5.74. The first-order valence-corrected chi connectivity index (χ1v) is 14.3. The monoisotopic (exact) mass is 523 g/mol. The number of carbonyl (C=O) groups excluding carboxylic acids is 1. The van der Waals surface area contributed by atoms with Crippen molar-refractivity contribution in [2.75, 3.05) is 65.0 Å². The van der Waals surface area contributed by atoms with Crippen LogP contribution in [0.5, 0.6) is 0 Å². The number of anilines is 1. The van der Waals surface area contributed by atoms with Crippen LogP contribution in [-0.4, -0.2) is 91.4 Å². The zero-order valence-electron chi connectivity index (χ0n) is 23.4. The highest BCUT2D eigenvalue weighted by molar-refractivity contribution is 5.94. The Labute approximate surface area is 228 Å². The van der Waals surface area contributed by atoms with Crippen LogP contribution in [-0.2, 0) is 9.47 Å². The maximum atomic E-state index is 12.9. The molecule has 2 atom stereocenters. The van der Waals surface area contributed by atoms with Gasteiger partial charge in [0.05, 0.1) is 13.2 Å². The number of benzene rings is 1. The molecule has 4 aliphatic heterocycles. The average Bonchev–Trinajstić information content (AvgIpc) is 3.58. The fraction of sp³-hybridized carbons (Fsp3) is 0.633. The normalized spacial score (nSPS) is 23.5. The third-order valence-electron chi connectivity index (χ3n) is 8.08. The molecule has 8 nitrogen and oxygen atoms in total. The predicted octanol–water partition coefficient (Wildman–Crippen LogP) is 4.19. The van der Waals surface area contributed by atoms with Gasteiger partial charge in [-0.15, -0.1) is 0 Å². The van der Waals surface area contributed by atoms with E-state index < -0.39 is 0 Å². The number of aromatic nitrogens is 2. The lowest BCUT2D eigenvalue weighted by Gasteiger charge is -2.37. The first kappa shape index (κ1) is 28.5. The number of nitrogens with zero attached hydrogens (tertiary/aromatic N) is 4. The summed E-state index contributed by atoms with van der Waals surface area (Å²) in [6, 6.07) is 10.9. The molecule has 4 saturated heterocycles. The number of nitrogens with one attached hydrogen (secondary N) is 1. The molecule has 4 fully saturated rings. The van der Waals surface area contributed by atoms with E-state index in [2.05, 4.69) is 39.2 Å². The molecular weight excluding hydrogens is 478 g/mol. The summed E-state index contributed by atoms with van der Waals surface area (Å²) in [5, 5.41) is 3.02. The highest BCUT2D eigenvalue weighted by Crippen LogP contribution is 2.32. The molecule has 1 aromatic heterocycles. The van der Waals surface area contributed by atoms with E-state index in [4.69, 9.17) is 9.47 Å². The second kappa shape index (κ2) is 14.6. The number of carbonyl (C=O) groups is 1. The van der Waals surface area contributed by atoms with Gasteiger partial charge in [0.2, 0.25) is 0 Å². The van der Waals surface area contributed by atoms with Crippen LogP contribution in [0.2, 0.25) is 0 Å². The van der Waals surface area contributed by atoms with Gasteiger partial charge in [0.25, 0.3) is 5.91 Å². The molecule has 2 aromatic rings. The Balaban J connectivity index is 0.000000211. The quantitative estimate of drug-likeness (QED) is 0.646. The van der Waals surface area contributed by atoms with Crippen molar-refractivity contribution in [3.8, 4) is 0 Å². The smallest absolute Gasteiger partial charge is 0.272 e. The maximum absolute atomic E-state index is 12.9. The van der Waals surface area contributed by atoms with Crippen molar-refractivity contribution in [2.24, 2.45) is 11.8 Å². The van der Waals surface area contributed by atoms with Crippen molar-refractivity contribution in [2.45, 2.75) is 52.0 Å². The Bertz CT molecular complexity index is 969. The van der Waals surface area contributed by atoms with Gasteiger partial charge in [-0.1, -0.05) is 35.9 Å². The Kier molecular flexibility index (Phi) is 10.9. The van der Waals surface area contributed by atoms with Gasteiger partial charge in [-0.2, -0.15) is 0 Å². The van der Waals surface area contributed by atoms with E-state index in [0.29, 0.717) is 11.7 Å². The Morgan fingerprint density at radius 1 is 0.921 bits per heavy atom. The molecule has 4 aliphatic rings. The van der Waals surface area contributed by atoms with E-state index in [1.165, 1.54) is 44.2 Å². The number of ether oxygens (including phenoxy) is 2. The molecule has 38 heavy (non-hydrogen) atoms. The third kappa shape index (κ3) is 7.74. The fourth-order valence-corrected chi connectivity index (χ4v) is 5.74. The topological polar surface area (TPSA) is 79.8 Å². The maximum Gasteiger partial charge on any atom is 0.272 e. The van der Waals surface area contributed by atoms with Crippen molar-refractivity contribution >= 4 is 11.7 Å². The molecule has 0 saturated carbocycles. The van der Waals surface area contributed by atoms with Gasteiger partial charge in [0.1, 0.15) is 17.8 Å². The van der Waals surface area contributed by atoms with E-state index in [1.54, 1.807) is 0 Å². The molecule has 1 aromatic carbocycles. The summed E-state index contributed by atoms with van der Waals surface area (Å²) in [7, 11) is 1.81. The lowest BCUT2D eigenvalue weighted by Crippen LogP contribution is -2.46. The van der Waals surface area contributed by atoms with Crippen molar-refractivity contribution in [1.82, 2.24) is 19.8 Å². The minimum Gasteiger partial charge on any atom is -0.381 e. The van der Waals surface area contributed by atoms with Crippen LogP contribution in [0.4, 0.5) is 5.82 Å². The molecule has 0 radical (unpaired) electrons. The minimum atomic E-state index is 0.0292. The molecule has 1 N–H and O–H groups in total. The van der Waals surface area contributed by atoms with Gasteiger partial charge in [0, 0.05) is 69.9 Å². The average molecular weight is 524 g/mol. The largest absolute Gasteiger partial charge is 0.381 e. The second-order valence-electron chi connectivity index (χ2n) is 10.8. The summed E-state index contributed by atoms with van der Waals surface area (Å²) in [5.41, 5.74) is 2.66. The van der Waals surface area contributed by atoms with Crippen molar-refractivity contribution < 1.29 is 14.3 Å². The van der Waals surface area contributed by atoms with Gasteiger partial charge in [-0.05, 0) is 46.0 Å². The van der Waals surface area contributed by atoms with Crippen LogP contribution < -0.4 is 5.32 Å². The van der Waals surface area contributed by atoms with E-state index >= 15 is 0 Å². The highest BCUT2D eigenvalue weighted by atomic mass is 16.5. The molecule has 8 heteroatoms. The summed E-state index contributed by atoms with van der Waals surface area (Å²) < 4.78 is 10.6. The summed E-state index contributed by atoms with van der Waals surface area (Å²) in [4.78, 5) is 25.8. The number of hydrogen-bond donors (Lipinski definition) is 1. The molecule has 0 aliphatic carbocycles. The van der Waals surface area contributed by atoms with E-state index in [9.17, 15) is 4.79 Å². The number of amides is 1. The zero-order chi connectivity index (χ0) is 26.7. The minimum absolute atomic E-state index is 0.0292. The molecule has 5 heterocycles. The zero-order valence-corrected chi connectivity index (χ0v) is 23.4. The number of likely N-dealkylation sites (tertiary alicyclic amines) is 2.